The third kappa shape index (κ3) is 3.26. The van der Waals surface area contributed by atoms with Crippen LogP contribution in [0.15, 0.2) is 43.0 Å². The van der Waals surface area contributed by atoms with Gasteiger partial charge in [-0.05, 0) is 12.1 Å². The second kappa shape index (κ2) is 5.49. The molecular weight excluding hydrogens is 196 g/mol. The molecule has 1 rings (SSSR count). The molecule has 2 heteroatoms. The zero-order valence-electron chi connectivity index (χ0n) is 7.65. The molecule has 14 heavy (non-hydrogen) atoms. The number of benzene rings is 1. The van der Waals surface area contributed by atoms with E-state index in [4.69, 9.17) is 11.6 Å². The summed E-state index contributed by atoms with van der Waals surface area (Å²) in [4.78, 5) is 0. The van der Waals surface area contributed by atoms with Crippen molar-refractivity contribution in [3.8, 4) is 11.8 Å². The fourth-order valence-corrected chi connectivity index (χ4v) is 0.950. The molecule has 0 saturated heterocycles. The second-order valence-electron chi connectivity index (χ2n) is 2.76. The van der Waals surface area contributed by atoms with E-state index in [0.717, 1.165) is 5.56 Å². The molecule has 1 N–H and O–H groups in total. The van der Waals surface area contributed by atoms with Crippen molar-refractivity contribution in [2.45, 2.75) is 11.5 Å². The quantitative estimate of drug-likeness (QED) is 0.447. The number of hydrogen-bond acceptors (Lipinski definition) is 1. The molecular formula is C12H11ClO. The average molecular weight is 207 g/mol. The molecule has 0 unspecified atom stereocenters. The van der Waals surface area contributed by atoms with Crippen LogP contribution in [0, 0.1) is 11.8 Å². The zero-order valence-corrected chi connectivity index (χ0v) is 8.41. The van der Waals surface area contributed by atoms with Crippen LogP contribution in [0.2, 0.25) is 0 Å². The Hall–Kier alpha value is -1.23. The molecule has 72 valence electrons. The Labute approximate surface area is 89.0 Å². The lowest BCUT2D eigenvalue weighted by Gasteiger charge is -2.04. The van der Waals surface area contributed by atoms with Crippen LogP contribution < -0.4 is 0 Å². The molecule has 0 aliphatic rings. The third-order valence-corrected chi connectivity index (χ3v) is 2.08. The zero-order chi connectivity index (χ0) is 10.4. The van der Waals surface area contributed by atoms with E-state index in [-0.39, 0.29) is 0 Å². The lowest BCUT2D eigenvalue weighted by molar-refractivity contribution is 0.239. The topological polar surface area (TPSA) is 20.2 Å². The lowest BCUT2D eigenvalue weighted by Crippen LogP contribution is -2.15. The molecule has 0 aliphatic heterocycles. The fourth-order valence-electron chi connectivity index (χ4n) is 0.887. The lowest BCUT2D eigenvalue weighted by atomic mass is 10.2. The maximum absolute atomic E-state index is 9.40. The van der Waals surface area contributed by atoms with Crippen LogP contribution in [0.1, 0.15) is 5.56 Å². The van der Waals surface area contributed by atoms with E-state index in [1.54, 1.807) is 0 Å². The molecule has 1 aromatic carbocycles. The summed E-state index contributed by atoms with van der Waals surface area (Å²) in [5, 5.41) is 8.88. The van der Waals surface area contributed by atoms with Gasteiger partial charge in [-0.1, -0.05) is 36.1 Å². The smallest absolute Gasteiger partial charge is 0.134 e. The Morgan fingerprint density at radius 1 is 1.36 bits per heavy atom. The summed E-state index contributed by atoms with van der Waals surface area (Å²) in [6, 6.07) is 9.44. The SMILES string of the molecule is C=C[C@@H](Cl)[C@@H](O)C#Cc1ccccc1. The summed E-state index contributed by atoms with van der Waals surface area (Å²) in [5.74, 6) is 5.48. The Balaban J connectivity index is 2.69. The predicted molar refractivity (Wildman–Crippen MR) is 59.2 cm³/mol. The summed E-state index contributed by atoms with van der Waals surface area (Å²) in [5.41, 5.74) is 0.861. The number of aliphatic hydroxyl groups is 1. The van der Waals surface area contributed by atoms with Gasteiger partial charge in [0.25, 0.3) is 0 Å². The molecule has 1 nitrogen and oxygen atoms in total. The van der Waals surface area contributed by atoms with Gasteiger partial charge in [-0.3, -0.25) is 0 Å². The van der Waals surface area contributed by atoms with Gasteiger partial charge in [0.1, 0.15) is 6.10 Å². The molecule has 0 radical (unpaired) electrons. The van der Waals surface area contributed by atoms with Crippen molar-refractivity contribution < 1.29 is 5.11 Å². The molecule has 0 aliphatic carbocycles. The van der Waals surface area contributed by atoms with Gasteiger partial charge in [0.15, 0.2) is 0 Å². The molecule has 0 bridgehead atoms. The molecule has 0 spiro atoms. The van der Waals surface area contributed by atoms with Gasteiger partial charge in [0, 0.05) is 5.56 Å². The van der Waals surface area contributed by atoms with Gasteiger partial charge in [0.05, 0.1) is 5.38 Å². The van der Waals surface area contributed by atoms with Crippen molar-refractivity contribution in [2.75, 3.05) is 0 Å². The van der Waals surface area contributed by atoms with E-state index in [0.29, 0.717) is 0 Å². The van der Waals surface area contributed by atoms with Crippen molar-refractivity contribution in [2.24, 2.45) is 0 Å². The first-order chi connectivity index (χ1) is 6.74. The van der Waals surface area contributed by atoms with E-state index in [9.17, 15) is 5.11 Å². The first kappa shape index (κ1) is 10.8. The van der Waals surface area contributed by atoms with Crippen molar-refractivity contribution in [1.29, 1.82) is 0 Å². The molecule has 0 aromatic heterocycles. The number of alkyl halides is 1. The van der Waals surface area contributed by atoms with Crippen LogP contribution in [0.5, 0.6) is 0 Å². The number of aliphatic hydroxyl groups excluding tert-OH is 1. The van der Waals surface area contributed by atoms with Gasteiger partial charge in [-0.15, -0.1) is 18.2 Å². The fraction of sp³-hybridized carbons (Fsp3) is 0.167. The number of rotatable bonds is 2. The van der Waals surface area contributed by atoms with Gasteiger partial charge < -0.3 is 5.11 Å². The highest BCUT2D eigenvalue weighted by Crippen LogP contribution is 2.03. The van der Waals surface area contributed by atoms with E-state index in [2.05, 4.69) is 18.4 Å². The van der Waals surface area contributed by atoms with Crippen LogP contribution in [-0.2, 0) is 0 Å². The van der Waals surface area contributed by atoms with Crippen LogP contribution in [0.4, 0.5) is 0 Å². The second-order valence-corrected chi connectivity index (χ2v) is 3.26. The molecule has 0 amide bonds. The van der Waals surface area contributed by atoms with E-state index in [1.165, 1.54) is 6.08 Å². The largest absolute Gasteiger partial charge is 0.378 e. The van der Waals surface area contributed by atoms with Crippen molar-refractivity contribution in [3.05, 3.63) is 48.6 Å². The summed E-state index contributed by atoms with van der Waals surface area (Å²) < 4.78 is 0. The monoisotopic (exact) mass is 206 g/mol. The van der Waals surface area contributed by atoms with Crippen molar-refractivity contribution in [3.63, 3.8) is 0 Å². The third-order valence-electron chi connectivity index (χ3n) is 1.66. The van der Waals surface area contributed by atoms with Gasteiger partial charge in [-0.25, -0.2) is 0 Å². The first-order valence-electron chi connectivity index (χ1n) is 4.25. The number of hydrogen-bond donors (Lipinski definition) is 1. The van der Waals surface area contributed by atoms with Crippen LogP contribution >= 0.6 is 11.6 Å². The Kier molecular flexibility index (Phi) is 4.25. The Morgan fingerprint density at radius 3 is 2.57 bits per heavy atom. The average Bonchev–Trinajstić information content (AvgIpc) is 2.26. The molecule has 2 atom stereocenters. The van der Waals surface area contributed by atoms with Crippen molar-refractivity contribution in [1.82, 2.24) is 0 Å². The minimum Gasteiger partial charge on any atom is -0.378 e. The standard InChI is InChI=1S/C12H11ClO/c1-2-11(13)12(14)9-8-10-6-4-3-5-7-10/h2-7,11-12,14H,1H2/t11-,12+/m1/s1. The minimum absolute atomic E-state index is 0.522. The summed E-state index contributed by atoms with van der Waals surface area (Å²) >= 11 is 5.71. The Bertz CT molecular complexity index is 348. The van der Waals surface area contributed by atoms with Gasteiger partial charge in [0.2, 0.25) is 0 Å². The van der Waals surface area contributed by atoms with Gasteiger partial charge in [-0.2, -0.15) is 0 Å². The summed E-state index contributed by atoms with van der Waals surface area (Å²) in [7, 11) is 0. The summed E-state index contributed by atoms with van der Waals surface area (Å²) in [6.07, 6.45) is 0.598. The van der Waals surface area contributed by atoms with E-state index >= 15 is 0 Å². The van der Waals surface area contributed by atoms with Crippen LogP contribution in [-0.4, -0.2) is 16.6 Å². The molecule has 0 fully saturated rings. The summed E-state index contributed by atoms with van der Waals surface area (Å²) in [6.45, 7) is 3.48. The van der Waals surface area contributed by atoms with E-state index in [1.807, 2.05) is 30.3 Å². The number of halogens is 1. The maximum Gasteiger partial charge on any atom is 0.134 e. The van der Waals surface area contributed by atoms with E-state index < -0.39 is 11.5 Å². The Morgan fingerprint density at radius 2 is 2.00 bits per heavy atom. The normalized spacial score (nSPS) is 13.6. The molecule has 0 heterocycles. The minimum atomic E-state index is -0.866. The maximum atomic E-state index is 9.40. The highest BCUT2D eigenvalue weighted by atomic mass is 35.5. The molecule has 1 aromatic rings. The van der Waals surface area contributed by atoms with Gasteiger partial charge >= 0.3 is 0 Å². The first-order valence-corrected chi connectivity index (χ1v) is 4.69. The highest BCUT2D eigenvalue weighted by molar-refractivity contribution is 6.22. The van der Waals surface area contributed by atoms with Crippen LogP contribution in [0.3, 0.4) is 0 Å². The predicted octanol–water partition coefficient (Wildman–Crippen LogP) is 2.19. The van der Waals surface area contributed by atoms with Crippen LogP contribution in [0.25, 0.3) is 0 Å². The van der Waals surface area contributed by atoms with Crippen molar-refractivity contribution >= 4 is 11.6 Å². The highest BCUT2D eigenvalue weighted by Gasteiger charge is 2.08. The molecule has 0 saturated carbocycles.